The Kier molecular flexibility index (Phi) is 13.7. The van der Waals surface area contributed by atoms with E-state index in [4.69, 9.17) is 29.8 Å². The molecule has 0 heterocycles. The zero-order chi connectivity index (χ0) is 17.0. The van der Waals surface area contributed by atoms with Gasteiger partial charge in [-0.2, -0.15) is 0 Å². The molecule has 0 aromatic heterocycles. The number of rotatable bonds is 2. The topological polar surface area (TPSA) is 184 Å². The Morgan fingerprint density at radius 3 is 1.04 bits per heavy atom. The van der Waals surface area contributed by atoms with Crippen LogP contribution in [0.25, 0.3) is 0 Å². The maximum Gasteiger partial charge on any atom is 4.00 e. The molecule has 0 aliphatic rings. The molecule has 1 radical (unpaired) electrons. The van der Waals surface area contributed by atoms with Crippen LogP contribution in [0.1, 0.15) is 0 Å². The smallest absolute Gasteiger partial charge is 2.00 e. The van der Waals surface area contributed by atoms with E-state index in [0.717, 1.165) is 0 Å². The number of aromatic hydroxyl groups is 2. The third-order valence-corrected chi connectivity index (χ3v) is 4.40. The summed E-state index contributed by atoms with van der Waals surface area (Å²) in [6, 6.07) is 10.7. The van der Waals surface area contributed by atoms with Gasteiger partial charge in [0.15, 0.2) is 0 Å². The molecule has 0 saturated heterocycles. The first-order valence-electron chi connectivity index (χ1n) is 5.71. The van der Waals surface area contributed by atoms with E-state index in [9.17, 15) is 9.13 Å². The van der Waals surface area contributed by atoms with E-state index >= 15 is 0 Å². The van der Waals surface area contributed by atoms with Crippen molar-refractivity contribution in [3.05, 3.63) is 48.5 Å². The molecule has 0 fully saturated rings. The predicted octanol–water partition coefficient (Wildman–Crippen LogP) is -2.73. The Labute approximate surface area is 162 Å². The van der Waals surface area contributed by atoms with Crippen molar-refractivity contribution in [3.8, 4) is 11.5 Å². The van der Waals surface area contributed by atoms with Crippen molar-refractivity contribution in [2.75, 3.05) is 0 Å². The molecule has 0 bridgehead atoms. The van der Waals surface area contributed by atoms with Crippen molar-refractivity contribution in [2.24, 2.45) is 0 Å². The van der Waals surface area contributed by atoms with E-state index in [1.807, 2.05) is 0 Å². The molecule has 0 aliphatic heterocycles. The second kappa shape index (κ2) is 11.8. The van der Waals surface area contributed by atoms with Crippen LogP contribution in [0.5, 0.6) is 11.5 Å². The summed E-state index contributed by atoms with van der Waals surface area (Å²) in [7, 11) is -8.61. The molecule has 25 heavy (non-hydrogen) atoms. The first kappa shape index (κ1) is 29.0. The van der Waals surface area contributed by atoms with Crippen LogP contribution in [0.4, 0.5) is 0 Å². The van der Waals surface area contributed by atoms with Crippen LogP contribution in [0.15, 0.2) is 48.5 Å². The maximum absolute atomic E-state index is 10.6. The molecule has 0 unspecified atom stereocenters. The number of halogens is 1. The number of phenolic OH excluding ortho intramolecular Hbond substituents is 2. The quantitative estimate of drug-likeness (QED) is 0.242. The van der Waals surface area contributed by atoms with Crippen LogP contribution in [-0.2, 0) is 34.7 Å². The molecule has 2 aromatic rings. The summed E-state index contributed by atoms with van der Waals surface area (Å²) in [5, 5.41) is 17.2. The standard InChI is InChI=1S/2C6H7O4P.ClH.O.Tc/c2*7-5-3-1-2-4-6(5)11(8,9)10;;;/h2*1-4,7H,(H2,8,9,10);1H;;/q;;;-2;+4/p-1. The SMILES string of the molecule is O=P(O)(O)c1ccccc1O.O=P(O)(O)c1ccccc1O.[Cl-].[O-2].[Tc+4]. The minimum Gasteiger partial charge on any atom is -2.00 e. The van der Waals surface area contributed by atoms with Crippen LogP contribution in [0.2, 0.25) is 0 Å². The van der Waals surface area contributed by atoms with Crippen LogP contribution in [-0.4, -0.2) is 29.8 Å². The Morgan fingerprint density at radius 2 is 0.880 bits per heavy atom. The maximum atomic E-state index is 10.6. The largest absolute Gasteiger partial charge is 4.00 e. The number of benzene rings is 2. The van der Waals surface area contributed by atoms with E-state index in [2.05, 4.69) is 0 Å². The average Bonchev–Trinajstić information content (AvgIpc) is 2.37. The molecule has 0 aliphatic carbocycles. The Morgan fingerprint density at radius 1 is 0.640 bits per heavy atom. The van der Waals surface area contributed by atoms with E-state index in [1.165, 1.54) is 48.5 Å². The van der Waals surface area contributed by atoms with Crippen molar-refractivity contribution in [1.82, 2.24) is 0 Å². The average molecular weight is 498 g/mol. The summed E-state index contributed by atoms with van der Waals surface area (Å²) < 4.78 is 21.2. The predicted molar refractivity (Wildman–Crippen MR) is 80.3 cm³/mol. The summed E-state index contributed by atoms with van der Waals surface area (Å²) >= 11 is 0. The normalized spacial score (nSPS) is 10.1. The molecule has 0 spiro atoms. The van der Waals surface area contributed by atoms with E-state index in [-0.39, 0.29) is 60.1 Å². The van der Waals surface area contributed by atoms with Gasteiger partial charge in [-0.25, -0.2) is 0 Å². The van der Waals surface area contributed by atoms with Crippen molar-refractivity contribution >= 4 is 25.8 Å². The van der Waals surface area contributed by atoms with E-state index in [1.54, 1.807) is 0 Å². The molecule has 2 aromatic carbocycles. The van der Waals surface area contributed by atoms with Gasteiger partial charge in [-0.3, -0.25) is 9.13 Å². The Hall–Kier alpha value is -0.761. The van der Waals surface area contributed by atoms with Crippen LogP contribution < -0.4 is 23.0 Å². The molecule has 13 heteroatoms. The minimum atomic E-state index is -4.31. The second-order valence-corrected chi connectivity index (χ2v) is 7.21. The fourth-order valence-electron chi connectivity index (χ4n) is 1.42. The van der Waals surface area contributed by atoms with Crippen LogP contribution in [0, 0.1) is 0 Å². The summed E-state index contributed by atoms with van der Waals surface area (Å²) in [4.78, 5) is 34.5. The monoisotopic (exact) mass is 496 g/mol. The first-order valence-corrected chi connectivity index (χ1v) is 8.94. The molecular formula is C12H14ClO9P2Tc+. The number of hydrogen-bond donors (Lipinski definition) is 6. The summed E-state index contributed by atoms with van der Waals surface area (Å²) in [6.45, 7) is 0. The summed E-state index contributed by atoms with van der Waals surface area (Å²) in [5.74, 6) is -0.748. The van der Waals surface area contributed by atoms with Crippen LogP contribution in [0.3, 0.4) is 0 Å². The van der Waals surface area contributed by atoms with Gasteiger partial charge in [-0.05, 0) is 24.3 Å². The number of phenols is 2. The number of hydrogen-bond acceptors (Lipinski definition) is 4. The fourth-order valence-corrected chi connectivity index (χ4v) is 2.73. The minimum absolute atomic E-state index is 0. The third-order valence-electron chi connectivity index (χ3n) is 2.39. The van der Waals surface area contributed by atoms with Gasteiger partial charge in [0, 0.05) is 0 Å². The number of para-hydroxylation sites is 2. The summed E-state index contributed by atoms with van der Waals surface area (Å²) in [5.41, 5.74) is 0. The van der Waals surface area contributed by atoms with Crippen molar-refractivity contribution < 1.29 is 76.9 Å². The zero-order valence-electron chi connectivity index (χ0n) is 12.2. The first-order chi connectivity index (χ1) is 10.0. The van der Waals surface area contributed by atoms with Crippen LogP contribution >= 0.6 is 15.2 Å². The molecule has 2 rings (SSSR count). The van der Waals surface area contributed by atoms with Gasteiger partial charge in [0.05, 0.1) is 0 Å². The van der Waals surface area contributed by atoms with Gasteiger partial charge < -0.3 is 47.7 Å². The van der Waals surface area contributed by atoms with Crippen molar-refractivity contribution in [1.29, 1.82) is 0 Å². The molecular weight excluding hydrogens is 484 g/mol. The van der Waals surface area contributed by atoms with Gasteiger partial charge >= 0.3 is 35.3 Å². The molecule has 0 atom stereocenters. The van der Waals surface area contributed by atoms with E-state index < -0.39 is 15.2 Å². The van der Waals surface area contributed by atoms with Gasteiger partial charge in [-0.15, -0.1) is 0 Å². The van der Waals surface area contributed by atoms with Gasteiger partial charge in [0.2, 0.25) is 0 Å². The summed E-state index contributed by atoms with van der Waals surface area (Å²) in [6.07, 6.45) is 0. The zero-order valence-corrected chi connectivity index (χ0v) is 16.6. The molecule has 0 amide bonds. The third kappa shape index (κ3) is 9.49. The van der Waals surface area contributed by atoms with Crippen molar-refractivity contribution in [2.45, 2.75) is 0 Å². The Balaban J connectivity index is -0.000000346. The van der Waals surface area contributed by atoms with Gasteiger partial charge in [-0.1, -0.05) is 24.3 Å². The molecule has 9 nitrogen and oxygen atoms in total. The van der Waals surface area contributed by atoms with E-state index in [0.29, 0.717) is 0 Å². The van der Waals surface area contributed by atoms with Crippen molar-refractivity contribution in [3.63, 3.8) is 0 Å². The van der Waals surface area contributed by atoms with Gasteiger partial charge in [0.1, 0.15) is 22.1 Å². The molecule has 139 valence electrons. The molecule has 6 N–H and O–H groups in total. The molecule has 0 saturated carbocycles. The second-order valence-electron chi connectivity index (χ2n) is 4.07. The fraction of sp³-hybridized carbons (Fsp3) is 0. The van der Waals surface area contributed by atoms with Gasteiger partial charge in [0.25, 0.3) is 0 Å². The Bertz CT molecular complexity index is 683.